The molecule has 1 rings (SSSR count). The van der Waals surface area contributed by atoms with E-state index in [9.17, 15) is 4.79 Å². The van der Waals surface area contributed by atoms with Crippen LogP contribution in [0, 0.1) is 5.92 Å². The van der Waals surface area contributed by atoms with Crippen LogP contribution in [-0.2, 0) is 0 Å². The molecule has 0 aromatic heterocycles. The topological polar surface area (TPSA) is 50.4 Å². The number of ether oxygens (including phenoxy) is 1. The molecule has 2 N–H and O–H groups in total. The lowest BCUT2D eigenvalue weighted by atomic mass is 10.1. The zero-order valence-corrected chi connectivity index (χ0v) is 12.2. The summed E-state index contributed by atoms with van der Waals surface area (Å²) in [6.45, 7) is 9.39. The molecule has 0 spiro atoms. The first-order valence-electron chi connectivity index (χ1n) is 6.80. The van der Waals surface area contributed by atoms with Gasteiger partial charge in [0.2, 0.25) is 0 Å². The van der Waals surface area contributed by atoms with Crippen molar-refractivity contribution in [1.29, 1.82) is 0 Å². The summed E-state index contributed by atoms with van der Waals surface area (Å²) < 4.78 is 5.39. The number of carbonyl (C=O) groups is 1. The van der Waals surface area contributed by atoms with Gasteiger partial charge in [-0.05, 0) is 37.5 Å². The van der Waals surface area contributed by atoms with Crippen molar-refractivity contribution in [2.75, 3.05) is 13.2 Å². The van der Waals surface area contributed by atoms with E-state index in [1.807, 2.05) is 38.1 Å². The van der Waals surface area contributed by atoms with Crippen LogP contribution in [0.1, 0.15) is 39.3 Å². The Labute approximate surface area is 115 Å². The second kappa shape index (κ2) is 7.67. The van der Waals surface area contributed by atoms with Gasteiger partial charge in [0.1, 0.15) is 5.75 Å². The molecule has 0 saturated heterocycles. The largest absolute Gasteiger partial charge is 0.494 e. The Hall–Kier alpha value is -1.71. The average molecular weight is 264 g/mol. The van der Waals surface area contributed by atoms with E-state index in [-0.39, 0.29) is 12.1 Å². The third-order valence-electron chi connectivity index (χ3n) is 2.71. The van der Waals surface area contributed by atoms with E-state index in [0.717, 1.165) is 11.3 Å². The van der Waals surface area contributed by atoms with Crippen molar-refractivity contribution in [2.24, 2.45) is 5.92 Å². The lowest BCUT2D eigenvalue weighted by molar-refractivity contribution is 0.236. The lowest BCUT2D eigenvalue weighted by Crippen LogP contribution is -2.38. The third kappa shape index (κ3) is 5.64. The van der Waals surface area contributed by atoms with Gasteiger partial charge in [0.05, 0.1) is 12.6 Å². The van der Waals surface area contributed by atoms with Crippen LogP contribution in [0.4, 0.5) is 4.79 Å². The molecule has 0 heterocycles. The van der Waals surface area contributed by atoms with E-state index >= 15 is 0 Å². The molecule has 0 fully saturated rings. The first-order valence-corrected chi connectivity index (χ1v) is 6.80. The monoisotopic (exact) mass is 264 g/mol. The minimum Gasteiger partial charge on any atom is -0.494 e. The Morgan fingerprint density at radius 1 is 1.21 bits per heavy atom. The van der Waals surface area contributed by atoms with Gasteiger partial charge in [0, 0.05) is 6.54 Å². The zero-order chi connectivity index (χ0) is 14.3. The summed E-state index contributed by atoms with van der Waals surface area (Å²) in [6, 6.07) is 7.63. The standard InChI is InChI=1S/C15H24N2O2/c1-5-19-14-8-6-13(7-9-14)12(4)17-15(18)16-10-11(2)3/h6-9,11-12H,5,10H2,1-4H3,(H2,16,17,18)/t12-/m1/s1. The Kier molecular flexibility index (Phi) is 6.19. The van der Waals surface area contributed by atoms with Crippen molar-refractivity contribution < 1.29 is 9.53 Å². The second-order valence-corrected chi connectivity index (χ2v) is 4.97. The highest BCUT2D eigenvalue weighted by Gasteiger charge is 2.09. The zero-order valence-electron chi connectivity index (χ0n) is 12.2. The molecule has 1 atom stereocenters. The third-order valence-corrected chi connectivity index (χ3v) is 2.71. The highest BCUT2D eigenvalue weighted by molar-refractivity contribution is 5.74. The molecule has 19 heavy (non-hydrogen) atoms. The molecule has 0 aliphatic rings. The summed E-state index contributed by atoms with van der Waals surface area (Å²) in [5.74, 6) is 1.30. The smallest absolute Gasteiger partial charge is 0.315 e. The molecule has 2 amide bonds. The van der Waals surface area contributed by atoms with Crippen molar-refractivity contribution in [3.63, 3.8) is 0 Å². The van der Waals surface area contributed by atoms with Crippen molar-refractivity contribution in [2.45, 2.75) is 33.7 Å². The van der Waals surface area contributed by atoms with E-state index in [1.165, 1.54) is 0 Å². The van der Waals surface area contributed by atoms with Gasteiger partial charge in [-0.1, -0.05) is 26.0 Å². The van der Waals surface area contributed by atoms with Gasteiger partial charge in [0.15, 0.2) is 0 Å². The van der Waals surface area contributed by atoms with Crippen molar-refractivity contribution >= 4 is 6.03 Å². The highest BCUT2D eigenvalue weighted by atomic mass is 16.5. The van der Waals surface area contributed by atoms with Gasteiger partial charge in [0.25, 0.3) is 0 Å². The van der Waals surface area contributed by atoms with Crippen LogP contribution in [0.5, 0.6) is 5.75 Å². The van der Waals surface area contributed by atoms with E-state index in [1.54, 1.807) is 0 Å². The summed E-state index contributed by atoms with van der Waals surface area (Å²) in [4.78, 5) is 11.7. The number of rotatable bonds is 6. The fraction of sp³-hybridized carbons (Fsp3) is 0.533. The number of hydrogen-bond donors (Lipinski definition) is 2. The molecular formula is C15H24N2O2. The predicted molar refractivity (Wildman–Crippen MR) is 77.4 cm³/mol. The number of amides is 2. The van der Waals surface area contributed by atoms with Crippen LogP contribution in [0.2, 0.25) is 0 Å². The van der Waals surface area contributed by atoms with Crippen LogP contribution in [0.15, 0.2) is 24.3 Å². The summed E-state index contributed by atoms with van der Waals surface area (Å²) in [7, 11) is 0. The molecular weight excluding hydrogens is 240 g/mol. The molecule has 106 valence electrons. The fourth-order valence-corrected chi connectivity index (χ4v) is 1.65. The van der Waals surface area contributed by atoms with E-state index < -0.39 is 0 Å². The molecule has 0 bridgehead atoms. The SMILES string of the molecule is CCOc1ccc([C@@H](C)NC(=O)NCC(C)C)cc1. The molecule has 0 aliphatic heterocycles. The average Bonchev–Trinajstić information content (AvgIpc) is 2.37. The number of urea groups is 1. The summed E-state index contributed by atoms with van der Waals surface area (Å²) in [6.07, 6.45) is 0. The van der Waals surface area contributed by atoms with E-state index in [2.05, 4.69) is 24.5 Å². The molecule has 0 aliphatic carbocycles. The van der Waals surface area contributed by atoms with Crippen LogP contribution in [-0.4, -0.2) is 19.2 Å². The maximum absolute atomic E-state index is 11.7. The van der Waals surface area contributed by atoms with E-state index in [4.69, 9.17) is 4.74 Å². The Morgan fingerprint density at radius 3 is 2.37 bits per heavy atom. The first-order chi connectivity index (χ1) is 9.02. The molecule has 0 unspecified atom stereocenters. The quantitative estimate of drug-likeness (QED) is 0.829. The molecule has 0 saturated carbocycles. The number of hydrogen-bond acceptors (Lipinski definition) is 2. The number of carbonyl (C=O) groups excluding carboxylic acids is 1. The van der Waals surface area contributed by atoms with Crippen molar-refractivity contribution in [1.82, 2.24) is 10.6 Å². The lowest BCUT2D eigenvalue weighted by Gasteiger charge is -2.16. The Morgan fingerprint density at radius 2 is 1.84 bits per heavy atom. The van der Waals surface area contributed by atoms with Gasteiger partial charge in [-0.25, -0.2) is 4.79 Å². The molecule has 4 heteroatoms. The summed E-state index contributed by atoms with van der Waals surface area (Å²) in [5.41, 5.74) is 1.06. The Bertz CT molecular complexity index is 388. The van der Waals surface area contributed by atoms with Crippen LogP contribution in [0.3, 0.4) is 0 Å². The normalized spacial score (nSPS) is 12.1. The first kappa shape index (κ1) is 15.3. The fourth-order valence-electron chi connectivity index (χ4n) is 1.65. The van der Waals surface area contributed by atoms with Gasteiger partial charge in [-0.2, -0.15) is 0 Å². The predicted octanol–water partition coefficient (Wildman–Crippen LogP) is 3.10. The van der Waals surface area contributed by atoms with Crippen molar-refractivity contribution in [3.8, 4) is 5.75 Å². The second-order valence-electron chi connectivity index (χ2n) is 4.97. The van der Waals surface area contributed by atoms with Gasteiger partial charge >= 0.3 is 6.03 Å². The Balaban J connectivity index is 2.48. The number of nitrogens with one attached hydrogen (secondary N) is 2. The van der Waals surface area contributed by atoms with Crippen LogP contribution < -0.4 is 15.4 Å². The van der Waals surface area contributed by atoms with E-state index in [0.29, 0.717) is 19.1 Å². The molecule has 4 nitrogen and oxygen atoms in total. The van der Waals surface area contributed by atoms with Gasteiger partial charge < -0.3 is 15.4 Å². The van der Waals surface area contributed by atoms with Crippen LogP contribution >= 0.6 is 0 Å². The van der Waals surface area contributed by atoms with Crippen LogP contribution in [0.25, 0.3) is 0 Å². The summed E-state index contributed by atoms with van der Waals surface area (Å²) >= 11 is 0. The van der Waals surface area contributed by atoms with Gasteiger partial charge in [-0.15, -0.1) is 0 Å². The number of benzene rings is 1. The molecule has 1 aromatic carbocycles. The molecule has 1 aromatic rings. The molecule has 0 radical (unpaired) electrons. The minimum atomic E-state index is -0.130. The highest BCUT2D eigenvalue weighted by Crippen LogP contribution is 2.17. The van der Waals surface area contributed by atoms with Crippen molar-refractivity contribution in [3.05, 3.63) is 29.8 Å². The maximum atomic E-state index is 11.7. The summed E-state index contributed by atoms with van der Waals surface area (Å²) in [5, 5.41) is 5.75. The maximum Gasteiger partial charge on any atom is 0.315 e. The van der Waals surface area contributed by atoms with Gasteiger partial charge in [-0.3, -0.25) is 0 Å². The minimum absolute atomic E-state index is 0.0251.